The SMILES string of the molecule is CC(C)(C)C1Cn2c(cc(OCc3ccc(Oc4ccc(Cl)c(C(F)(F)F)c4)c(C#N)c3)nc2=O)N1C(=O)O. The van der Waals surface area contributed by atoms with Gasteiger partial charge in [-0.25, -0.2) is 9.59 Å². The Labute approximate surface area is 225 Å². The monoisotopic (exact) mass is 562 g/mol. The Morgan fingerprint density at radius 3 is 2.54 bits per heavy atom. The van der Waals surface area contributed by atoms with E-state index in [0.29, 0.717) is 5.56 Å². The van der Waals surface area contributed by atoms with Gasteiger partial charge >= 0.3 is 18.0 Å². The number of amides is 1. The first-order chi connectivity index (χ1) is 18.2. The molecule has 0 bridgehead atoms. The van der Waals surface area contributed by atoms with E-state index in [1.807, 2.05) is 26.8 Å². The Morgan fingerprint density at radius 1 is 1.21 bits per heavy atom. The lowest BCUT2D eigenvalue weighted by Crippen LogP contribution is -2.44. The van der Waals surface area contributed by atoms with Gasteiger partial charge in [0.05, 0.1) is 28.7 Å². The summed E-state index contributed by atoms with van der Waals surface area (Å²) in [5.41, 5.74) is -1.69. The van der Waals surface area contributed by atoms with Gasteiger partial charge < -0.3 is 14.6 Å². The zero-order chi connectivity index (χ0) is 28.7. The van der Waals surface area contributed by atoms with Crippen LogP contribution in [0.5, 0.6) is 17.4 Å². The van der Waals surface area contributed by atoms with Crippen molar-refractivity contribution in [2.45, 2.75) is 46.1 Å². The molecule has 1 aromatic heterocycles. The maximum atomic E-state index is 13.2. The number of nitriles is 1. The largest absolute Gasteiger partial charge is 0.473 e. The average molecular weight is 563 g/mol. The molecule has 1 amide bonds. The number of alkyl halides is 3. The van der Waals surface area contributed by atoms with Crippen molar-refractivity contribution in [2.24, 2.45) is 5.41 Å². The summed E-state index contributed by atoms with van der Waals surface area (Å²) in [7, 11) is 0. The van der Waals surface area contributed by atoms with E-state index >= 15 is 0 Å². The van der Waals surface area contributed by atoms with E-state index in [9.17, 15) is 33.1 Å². The highest BCUT2D eigenvalue weighted by Gasteiger charge is 2.42. The molecule has 3 aromatic rings. The van der Waals surface area contributed by atoms with E-state index in [1.165, 1.54) is 34.9 Å². The summed E-state index contributed by atoms with van der Waals surface area (Å²) in [6.07, 6.45) is -5.89. The molecule has 4 rings (SSSR count). The molecule has 1 aliphatic rings. The van der Waals surface area contributed by atoms with Crippen molar-refractivity contribution in [1.29, 1.82) is 5.26 Å². The van der Waals surface area contributed by atoms with Gasteiger partial charge in [-0.3, -0.25) is 9.47 Å². The van der Waals surface area contributed by atoms with Crippen LogP contribution in [0, 0.1) is 16.7 Å². The maximum Gasteiger partial charge on any atom is 0.417 e. The molecule has 0 saturated carbocycles. The molecule has 1 N–H and O–H groups in total. The minimum atomic E-state index is -4.68. The number of carbonyl (C=O) groups is 1. The van der Waals surface area contributed by atoms with E-state index in [1.54, 1.807) is 0 Å². The number of benzene rings is 2. The van der Waals surface area contributed by atoms with Gasteiger partial charge in [-0.15, -0.1) is 0 Å². The second-order valence-electron chi connectivity index (χ2n) is 9.85. The fourth-order valence-corrected chi connectivity index (χ4v) is 4.36. The summed E-state index contributed by atoms with van der Waals surface area (Å²) in [6.45, 7) is 5.63. The lowest BCUT2D eigenvalue weighted by atomic mass is 9.86. The number of ether oxygens (including phenoxy) is 2. The van der Waals surface area contributed by atoms with Crippen LogP contribution in [0.2, 0.25) is 5.02 Å². The average Bonchev–Trinajstić information content (AvgIpc) is 3.25. The van der Waals surface area contributed by atoms with Crippen LogP contribution in [-0.2, 0) is 19.3 Å². The molecule has 0 aliphatic carbocycles. The second-order valence-corrected chi connectivity index (χ2v) is 10.3. The number of hydrogen-bond donors (Lipinski definition) is 1. The van der Waals surface area contributed by atoms with Crippen LogP contribution in [0.1, 0.15) is 37.5 Å². The highest BCUT2D eigenvalue weighted by molar-refractivity contribution is 6.31. The Hall–Kier alpha value is -4.24. The fraction of sp³-hybridized carbons (Fsp3) is 0.308. The smallest absolute Gasteiger partial charge is 0.417 e. The lowest BCUT2D eigenvalue weighted by molar-refractivity contribution is -0.137. The van der Waals surface area contributed by atoms with E-state index in [-0.39, 0.29) is 41.9 Å². The Bertz CT molecular complexity index is 1540. The molecule has 0 fully saturated rings. The molecular formula is C26H22ClF3N4O5. The van der Waals surface area contributed by atoms with Crippen LogP contribution < -0.4 is 20.1 Å². The van der Waals surface area contributed by atoms with Gasteiger partial charge in [-0.2, -0.15) is 23.4 Å². The molecule has 1 aliphatic heterocycles. The molecule has 9 nitrogen and oxygen atoms in total. The van der Waals surface area contributed by atoms with E-state index in [4.69, 9.17) is 21.1 Å². The van der Waals surface area contributed by atoms with Gasteiger partial charge in [-0.1, -0.05) is 38.4 Å². The van der Waals surface area contributed by atoms with Crippen molar-refractivity contribution in [3.8, 4) is 23.4 Å². The molecule has 13 heteroatoms. The minimum Gasteiger partial charge on any atom is -0.473 e. The predicted octanol–water partition coefficient (Wildman–Crippen LogP) is 6.07. The van der Waals surface area contributed by atoms with Gasteiger partial charge in [-0.05, 0) is 41.3 Å². The minimum absolute atomic E-state index is 0.0101. The molecule has 2 aromatic carbocycles. The number of aromatic nitrogens is 2. The fourth-order valence-electron chi connectivity index (χ4n) is 4.14. The van der Waals surface area contributed by atoms with Crippen molar-refractivity contribution in [1.82, 2.24) is 9.55 Å². The maximum absolute atomic E-state index is 13.2. The number of anilines is 1. The molecule has 1 atom stereocenters. The van der Waals surface area contributed by atoms with Crippen molar-refractivity contribution in [2.75, 3.05) is 4.90 Å². The number of carboxylic acid groups (broad SMARTS) is 1. The number of nitrogens with zero attached hydrogens (tertiary/aromatic N) is 4. The van der Waals surface area contributed by atoms with Gasteiger partial charge in [0.1, 0.15) is 30.0 Å². The van der Waals surface area contributed by atoms with Gasteiger partial charge in [0.25, 0.3) is 0 Å². The topological polar surface area (TPSA) is 118 Å². The van der Waals surface area contributed by atoms with Crippen LogP contribution in [0.25, 0.3) is 0 Å². The zero-order valence-electron chi connectivity index (χ0n) is 20.9. The van der Waals surface area contributed by atoms with Crippen molar-refractivity contribution < 1.29 is 32.5 Å². The van der Waals surface area contributed by atoms with Gasteiger partial charge in [0.15, 0.2) is 0 Å². The molecule has 2 heterocycles. The standard InChI is InChI=1S/C26H22ClF3N4O5/c1-25(2,3)20-12-33-22(34(20)24(36)37)10-21(32-23(33)35)38-13-14-4-7-19(15(8-14)11-31)39-16-5-6-18(27)17(9-16)26(28,29)30/h4-10,20H,12-13H2,1-3H3,(H,36,37). The third kappa shape index (κ3) is 5.78. The summed E-state index contributed by atoms with van der Waals surface area (Å²) in [5.74, 6) is -0.116. The summed E-state index contributed by atoms with van der Waals surface area (Å²) in [6, 6.07) is 10.2. The Morgan fingerprint density at radius 2 is 1.92 bits per heavy atom. The lowest BCUT2D eigenvalue weighted by Gasteiger charge is -2.32. The zero-order valence-corrected chi connectivity index (χ0v) is 21.7. The summed E-state index contributed by atoms with van der Waals surface area (Å²) in [5, 5.41) is 18.9. The Balaban J connectivity index is 1.54. The van der Waals surface area contributed by atoms with Crippen LogP contribution in [0.4, 0.5) is 23.8 Å². The normalized spacial score (nSPS) is 15.0. The number of fused-ring (bicyclic) bond motifs is 1. The number of halogens is 4. The van der Waals surface area contributed by atoms with Crippen molar-refractivity contribution in [3.05, 3.63) is 74.7 Å². The summed E-state index contributed by atoms with van der Waals surface area (Å²) in [4.78, 5) is 29.6. The first-order valence-electron chi connectivity index (χ1n) is 11.5. The molecule has 0 spiro atoms. The van der Waals surface area contributed by atoms with Crippen molar-refractivity contribution >= 4 is 23.5 Å². The van der Waals surface area contributed by atoms with Crippen LogP contribution >= 0.6 is 11.6 Å². The molecule has 0 radical (unpaired) electrons. The molecule has 1 unspecified atom stereocenters. The quantitative estimate of drug-likeness (QED) is 0.401. The van der Waals surface area contributed by atoms with Crippen LogP contribution in [-0.4, -0.2) is 26.8 Å². The highest BCUT2D eigenvalue weighted by Crippen LogP contribution is 2.39. The highest BCUT2D eigenvalue weighted by atomic mass is 35.5. The summed E-state index contributed by atoms with van der Waals surface area (Å²) >= 11 is 5.64. The van der Waals surface area contributed by atoms with E-state index in [2.05, 4.69) is 4.98 Å². The van der Waals surface area contributed by atoms with Crippen LogP contribution in [0.15, 0.2) is 47.3 Å². The first-order valence-corrected chi connectivity index (χ1v) is 11.9. The number of hydrogen-bond acceptors (Lipinski definition) is 6. The third-order valence-corrected chi connectivity index (χ3v) is 6.44. The second kappa shape index (κ2) is 10.1. The van der Waals surface area contributed by atoms with Gasteiger partial charge in [0, 0.05) is 6.07 Å². The number of rotatable bonds is 5. The molecule has 204 valence electrons. The van der Waals surface area contributed by atoms with Gasteiger partial charge in [0.2, 0.25) is 5.88 Å². The molecule has 39 heavy (non-hydrogen) atoms. The van der Waals surface area contributed by atoms with Crippen molar-refractivity contribution in [3.63, 3.8) is 0 Å². The van der Waals surface area contributed by atoms with Crippen LogP contribution in [0.3, 0.4) is 0 Å². The van der Waals surface area contributed by atoms with E-state index in [0.717, 1.165) is 17.0 Å². The predicted molar refractivity (Wildman–Crippen MR) is 134 cm³/mol. The molecular weight excluding hydrogens is 541 g/mol. The first kappa shape index (κ1) is 27.8. The van der Waals surface area contributed by atoms with E-state index < -0.39 is 40.0 Å². The third-order valence-electron chi connectivity index (χ3n) is 6.11. The summed E-state index contributed by atoms with van der Waals surface area (Å²) < 4.78 is 51.9. The molecule has 0 saturated heterocycles. The Kier molecular flexibility index (Phi) is 7.23.